The van der Waals surface area contributed by atoms with Crippen LogP contribution in [0.1, 0.15) is 36.0 Å². The van der Waals surface area contributed by atoms with Crippen LogP contribution in [0.4, 0.5) is 0 Å². The molecule has 3 aromatic rings. The molecule has 150 valence electrons. The Bertz CT molecular complexity index is 933. The largest absolute Gasteiger partial charge is 0.438 e. The molecule has 0 radical (unpaired) electrons. The number of ether oxygens (including phenoxy) is 1. The maximum Gasteiger partial charge on any atom is 0.237 e. The first-order valence-electron chi connectivity index (χ1n) is 10.2. The van der Waals surface area contributed by atoms with E-state index in [0.717, 1.165) is 63.7 Å². The van der Waals surface area contributed by atoms with E-state index in [1.54, 1.807) is 18.6 Å². The molecule has 0 atom stereocenters. The Morgan fingerprint density at radius 1 is 1.03 bits per heavy atom. The molecule has 5 rings (SSSR count). The second-order valence-electron chi connectivity index (χ2n) is 7.64. The Morgan fingerprint density at radius 3 is 2.69 bits per heavy atom. The van der Waals surface area contributed by atoms with Gasteiger partial charge in [0, 0.05) is 37.9 Å². The molecular weight excluding hydrogens is 366 g/mol. The van der Waals surface area contributed by atoms with Crippen molar-refractivity contribution in [3.8, 4) is 11.6 Å². The predicted molar refractivity (Wildman–Crippen MR) is 108 cm³/mol. The van der Waals surface area contributed by atoms with Crippen LogP contribution in [0.15, 0.2) is 42.9 Å². The number of rotatable bonds is 5. The summed E-state index contributed by atoms with van der Waals surface area (Å²) in [6.45, 7) is 5.96. The number of aromatic nitrogens is 5. The van der Waals surface area contributed by atoms with Crippen LogP contribution in [-0.2, 0) is 19.6 Å². The first kappa shape index (κ1) is 18.2. The molecule has 2 aliphatic heterocycles. The number of nitrogens with one attached hydrogen (secondary N) is 1. The summed E-state index contributed by atoms with van der Waals surface area (Å²) in [5.41, 5.74) is 1.29. The molecule has 4 heterocycles. The number of hydrogen-bond donors (Lipinski definition) is 1. The van der Waals surface area contributed by atoms with Gasteiger partial charge in [0.2, 0.25) is 5.88 Å². The van der Waals surface area contributed by atoms with Crippen LogP contribution in [0.5, 0.6) is 11.6 Å². The zero-order chi connectivity index (χ0) is 19.5. The zero-order valence-corrected chi connectivity index (χ0v) is 16.4. The Morgan fingerprint density at radius 2 is 1.90 bits per heavy atom. The minimum Gasteiger partial charge on any atom is -0.438 e. The summed E-state index contributed by atoms with van der Waals surface area (Å²) in [5.74, 6) is 4.07. The maximum atomic E-state index is 5.72. The van der Waals surface area contributed by atoms with Crippen molar-refractivity contribution in [1.29, 1.82) is 0 Å². The lowest BCUT2D eigenvalue weighted by molar-refractivity contribution is 0.199. The number of piperidine rings is 1. The van der Waals surface area contributed by atoms with E-state index in [-0.39, 0.29) is 0 Å². The first-order valence-corrected chi connectivity index (χ1v) is 10.2. The molecule has 0 unspecified atom stereocenters. The summed E-state index contributed by atoms with van der Waals surface area (Å²) < 4.78 is 8.04. The standard InChI is InChI=1S/C21H25N7O/c1-3-18(29-20-14-22-7-8-24-20)4-2-16(1)15-27-10-5-17(6-11-27)21-26-25-19-13-23-9-12-28(19)21/h1-4,7-8,14,17,23H,5-6,9-13,15H2. The van der Waals surface area contributed by atoms with Crippen molar-refractivity contribution >= 4 is 0 Å². The second-order valence-corrected chi connectivity index (χ2v) is 7.64. The number of benzene rings is 1. The molecule has 0 amide bonds. The predicted octanol–water partition coefficient (Wildman–Crippen LogP) is 2.34. The molecule has 0 aliphatic carbocycles. The van der Waals surface area contributed by atoms with Crippen LogP contribution in [0, 0.1) is 0 Å². The van der Waals surface area contributed by atoms with E-state index in [1.807, 2.05) is 12.1 Å². The van der Waals surface area contributed by atoms with E-state index in [0.29, 0.717) is 11.8 Å². The Hall–Kier alpha value is -2.84. The fourth-order valence-electron chi connectivity index (χ4n) is 4.15. The van der Waals surface area contributed by atoms with Gasteiger partial charge in [0.1, 0.15) is 17.4 Å². The lowest BCUT2D eigenvalue weighted by atomic mass is 9.95. The van der Waals surface area contributed by atoms with Crippen molar-refractivity contribution in [2.75, 3.05) is 19.6 Å². The average Bonchev–Trinajstić information content (AvgIpc) is 3.21. The van der Waals surface area contributed by atoms with Gasteiger partial charge in [0.25, 0.3) is 0 Å². The van der Waals surface area contributed by atoms with Gasteiger partial charge in [-0.05, 0) is 43.6 Å². The molecule has 1 saturated heterocycles. The van der Waals surface area contributed by atoms with Gasteiger partial charge in [-0.3, -0.25) is 9.88 Å². The Balaban J connectivity index is 1.15. The van der Waals surface area contributed by atoms with E-state index < -0.39 is 0 Å². The summed E-state index contributed by atoms with van der Waals surface area (Å²) in [6.07, 6.45) is 7.15. The highest BCUT2D eigenvalue weighted by molar-refractivity contribution is 5.30. The average molecular weight is 391 g/mol. The highest BCUT2D eigenvalue weighted by Crippen LogP contribution is 2.29. The second kappa shape index (κ2) is 8.26. The molecule has 1 N–H and O–H groups in total. The Labute approximate surface area is 170 Å². The van der Waals surface area contributed by atoms with Gasteiger partial charge in [0.05, 0.1) is 12.7 Å². The molecule has 0 saturated carbocycles. The SMILES string of the molecule is c1cnc(Oc2ccc(CN3CCC(c4nnc5n4CCNC5)CC3)cc2)cn1. The fraction of sp³-hybridized carbons (Fsp3) is 0.429. The van der Waals surface area contributed by atoms with Gasteiger partial charge in [-0.25, -0.2) is 4.98 Å². The first-order chi connectivity index (χ1) is 14.3. The molecular formula is C21H25N7O. The molecule has 2 aliphatic rings. The lowest BCUT2D eigenvalue weighted by Crippen LogP contribution is -2.34. The van der Waals surface area contributed by atoms with Crippen molar-refractivity contribution in [1.82, 2.24) is 34.9 Å². The van der Waals surface area contributed by atoms with E-state index >= 15 is 0 Å². The summed E-state index contributed by atoms with van der Waals surface area (Å²) in [6, 6.07) is 8.24. The molecule has 8 nitrogen and oxygen atoms in total. The van der Waals surface area contributed by atoms with Gasteiger partial charge in [-0.2, -0.15) is 0 Å². The third kappa shape index (κ3) is 4.13. The van der Waals surface area contributed by atoms with Gasteiger partial charge < -0.3 is 14.6 Å². The quantitative estimate of drug-likeness (QED) is 0.715. The number of fused-ring (bicyclic) bond motifs is 1. The lowest BCUT2D eigenvalue weighted by Gasteiger charge is -2.32. The van der Waals surface area contributed by atoms with Gasteiger partial charge in [0.15, 0.2) is 0 Å². The number of hydrogen-bond acceptors (Lipinski definition) is 7. The molecule has 8 heteroatoms. The summed E-state index contributed by atoms with van der Waals surface area (Å²) in [4.78, 5) is 10.7. The van der Waals surface area contributed by atoms with Crippen LogP contribution >= 0.6 is 0 Å². The summed E-state index contributed by atoms with van der Waals surface area (Å²) >= 11 is 0. The molecule has 0 spiro atoms. The van der Waals surface area contributed by atoms with E-state index in [2.05, 4.69) is 47.1 Å². The molecule has 2 aromatic heterocycles. The smallest absolute Gasteiger partial charge is 0.237 e. The molecule has 1 aromatic carbocycles. The van der Waals surface area contributed by atoms with Crippen molar-refractivity contribution in [3.05, 3.63) is 60.1 Å². The van der Waals surface area contributed by atoms with Crippen molar-refractivity contribution < 1.29 is 4.74 Å². The summed E-state index contributed by atoms with van der Waals surface area (Å²) in [7, 11) is 0. The molecule has 1 fully saturated rings. The summed E-state index contributed by atoms with van der Waals surface area (Å²) in [5, 5.41) is 12.2. The van der Waals surface area contributed by atoms with Gasteiger partial charge >= 0.3 is 0 Å². The number of nitrogens with zero attached hydrogens (tertiary/aromatic N) is 6. The van der Waals surface area contributed by atoms with E-state index in [9.17, 15) is 0 Å². The van der Waals surface area contributed by atoms with Crippen LogP contribution in [0.25, 0.3) is 0 Å². The zero-order valence-electron chi connectivity index (χ0n) is 16.4. The van der Waals surface area contributed by atoms with Crippen LogP contribution in [-0.4, -0.2) is 49.3 Å². The fourth-order valence-corrected chi connectivity index (χ4v) is 4.15. The maximum absolute atomic E-state index is 5.72. The van der Waals surface area contributed by atoms with E-state index in [4.69, 9.17) is 4.74 Å². The number of likely N-dealkylation sites (tertiary alicyclic amines) is 1. The van der Waals surface area contributed by atoms with Gasteiger partial charge in [-0.1, -0.05) is 12.1 Å². The van der Waals surface area contributed by atoms with E-state index in [1.165, 1.54) is 11.4 Å². The van der Waals surface area contributed by atoms with Crippen molar-refractivity contribution in [3.63, 3.8) is 0 Å². The van der Waals surface area contributed by atoms with Crippen molar-refractivity contribution in [2.24, 2.45) is 0 Å². The minimum atomic E-state index is 0.508. The third-order valence-corrected chi connectivity index (χ3v) is 5.70. The van der Waals surface area contributed by atoms with Crippen molar-refractivity contribution in [2.45, 2.75) is 38.4 Å². The third-order valence-electron chi connectivity index (χ3n) is 5.70. The highest BCUT2D eigenvalue weighted by atomic mass is 16.5. The van der Waals surface area contributed by atoms with Crippen LogP contribution < -0.4 is 10.1 Å². The molecule has 29 heavy (non-hydrogen) atoms. The highest BCUT2D eigenvalue weighted by Gasteiger charge is 2.26. The topological polar surface area (TPSA) is 81.0 Å². The normalized spacial score (nSPS) is 17.8. The minimum absolute atomic E-state index is 0.508. The van der Waals surface area contributed by atoms with Crippen LogP contribution in [0.2, 0.25) is 0 Å². The van der Waals surface area contributed by atoms with Crippen LogP contribution in [0.3, 0.4) is 0 Å². The molecule has 0 bridgehead atoms. The Kier molecular flexibility index (Phi) is 5.19. The van der Waals surface area contributed by atoms with Gasteiger partial charge in [-0.15, -0.1) is 10.2 Å². The monoisotopic (exact) mass is 391 g/mol.